The lowest BCUT2D eigenvalue weighted by Crippen LogP contribution is -2.50. The lowest BCUT2D eigenvalue weighted by molar-refractivity contribution is -0.142. The second kappa shape index (κ2) is 4.04. The number of rotatable bonds is 3. The summed E-state index contributed by atoms with van der Waals surface area (Å²) in [6.07, 6.45) is 1.47. The highest BCUT2D eigenvalue weighted by atomic mass is 32.2. The molecule has 1 aliphatic rings. The Balaban J connectivity index is 2.30. The summed E-state index contributed by atoms with van der Waals surface area (Å²) < 4.78 is 26.8. The number of aromatic nitrogens is 2. The first-order valence-corrected chi connectivity index (χ1v) is 6.72. The van der Waals surface area contributed by atoms with Gasteiger partial charge in [0, 0.05) is 20.1 Å². The van der Waals surface area contributed by atoms with Crippen molar-refractivity contribution >= 4 is 16.0 Å². The molecule has 0 saturated carbocycles. The Morgan fingerprint density at radius 3 is 2.72 bits per heavy atom. The van der Waals surface area contributed by atoms with Crippen molar-refractivity contribution in [2.45, 2.75) is 17.0 Å². The van der Waals surface area contributed by atoms with E-state index in [-0.39, 0.29) is 24.5 Å². The van der Waals surface area contributed by atoms with Crippen molar-refractivity contribution in [3.05, 3.63) is 12.3 Å². The molecule has 0 aromatic carbocycles. The van der Waals surface area contributed by atoms with Gasteiger partial charge in [0.2, 0.25) is 0 Å². The van der Waals surface area contributed by atoms with Gasteiger partial charge in [0.15, 0.2) is 5.03 Å². The van der Waals surface area contributed by atoms with Gasteiger partial charge >= 0.3 is 5.97 Å². The van der Waals surface area contributed by atoms with Crippen LogP contribution in [0.15, 0.2) is 17.3 Å². The van der Waals surface area contributed by atoms with E-state index in [9.17, 15) is 13.2 Å². The molecule has 0 bridgehead atoms. The van der Waals surface area contributed by atoms with Crippen LogP contribution in [0.2, 0.25) is 0 Å². The largest absolute Gasteiger partial charge is 0.480 e. The Kier molecular flexibility index (Phi) is 2.92. The zero-order chi connectivity index (χ0) is 13.6. The van der Waals surface area contributed by atoms with Crippen molar-refractivity contribution in [2.75, 3.05) is 13.1 Å². The maximum atomic E-state index is 12.2. The number of carboxylic acid groups (broad SMARTS) is 1. The Bertz CT molecular complexity index is 581. The number of hydrogen-bond donors (Lipinski definition) is 2. The predicted octanol–water partition coefficient (Wildman–Crippen LogP) is -1.40. The fraction of sp³-hybridized carbons (Fsp3) is 0.556. The molecule has 1 fully saturated rings. The first-order chi connectivity index (χ1) is 8.27. The molecule has 100 valence electrons. The van der Waals surface area contributed by atoms with Crippen molar-refractivity contribution in [1.82, 2.24) is 14.1 Å². The first-order valence-electron chi connectivity index (χ1n) is 5.28. The average molecular weight is 274 g/mol. The number of carbonyl (C=O) groups is 1. The summed E-state index contributed by atoms with van der Waals surface area (Å²) in [4.78, 5) is 11.0. The second-order valence-electron chi connectivity index (χ2n) is 4.34. The molecule has 0 radical (unpaired) electrons. The van der Waals surface area contributed by atoms with Crippen LogP contribution in [-0.4, -0.2) is 52.2 Å². The van der Waals surface area contributed by atoms with Gasteiger partial charge in [0.1, 0.15) is 5.54 Å². The molecular weight excluding hydrogens is 260 g/mol. The average Bonchev–Trinajstić information content (AvgIpc) is 2.86. The molecule has 1 atom stereocenters. The Labute approximate surface area is 104 Å². The third-order valence-corrected chi connectivity index (χ3v) is 4.99. The van der Waals surface area contributed by atoms with Crippen LogP contribution in [0.25, 0.3) is 0 Å². The summed E-state index contributed by atoms with van der Waals surface area (Å²) in [5.74, 6) is -1.19. The molecular formula is C9H14N4O4S. The van der Waals surface area contributed by atoms with E-state index in [0.717, 1.165) is 4.31 Å². The normalized spacial score (nSPS) is 25.4. The predicted molar refractivity (Wildman–Crippen MR) is 61.1 cm³/mol. The molecule has 1 unspecified atom stereocenters. The van der Waals surface area contributed by atoms with Gasteiger partial charge in [-0.25, -0.2) is 8.42 Å². The first kappa shape index (κ1) is 13.0. The zero-order valence-electron chi connectivity index (χ0n) is 9.78. The topological polar surface area (TPSA) is 119 Å². The zero-order valence-corrected chi connectivity index (χ0v) is 10.6. The van der Waals surface area contributed by atoms with E-state index in [1.807, 2.05) is 0 Å². The van der Waals surface area contributed by atoms with E-state index in [0.29, 0.717) is 0 Å². The van der Waals surface area contributed by atoms with Gasteiger partial charge in [0.25, 0.3) is 10.0 Å². The molecule has 1 aromatic rings. The molecule has 1 aliphatic heterocycles. The number of carboxylic acids is 1. The Morgan fingerprint density at radius 2 is 2.28 bits per heavy atom. The van der Waals surface area contributed by atoms with Crippen LogP contribution >= 0.6 is 0 Å². The van der Waals surface area contributed by atoms with Gasteiger partial charge in [-0.3, -0.25) is 9.48 Å². The number of nitrogens with zero attached hydrogens (tertiary/aromatic N) is 3. The van der Waals surface area contributed by atoms with E-state index in [2.05, 4.69) is 5.10 Å². The van der Waals surface area contributed by atoms with Gasteiger partial charge in [-0.2, -0.15) is 9.40 Å². The molecule has 1 saturated heterocycles. The summed E-state index contributed by atoms with van der Waals surface area (Å²) in [6, 6.07) is 1.37. The highest BCUT2D eigenvalue weighted by Crippen LogP contribution is 2.25. The van der Waals surface area contributed by atoms with E-state index >= 15 is 0 Å². The maximum Gasteiger partial charge on any atom is 0.325 e. The molecule has 3 N–H and O–H groups in total. The third kappa shape index (κ3) is 1.89. The van der Waals surface area contributed by atoms with Gasteiger partial charge in [-0.15, -0.1) is 0 Å². The fourth-order valence-electron chi connectivity index (χ4n) is 1.92. The standard InChI is InChI=1S/C9H14N4O4S/c1-12-7(2-4-11-12)18(16,17)13-5-3-9(10,6-13)8(14)15/h2,4H,3,5-6,10H2,1H3,(H,14,15). The highest BCUT2D eigenvalue weighted by molar-refractivity contribution is 7.89. The SMILES string of the molecule is Cn1nccc1S(=O)(=O)N1CCC(N)(C(=O)O)C1. The molecule has 8 nitrogen and oxygen atoms in total. The van der Waals surface area contributed by atoms with E-state index in [4.69, 9.17) is 10.8 Å². The molecule has 0 amide bonds. The molecule has 9 heteroatoms. The van der Waals surface area contributed by atoms with Crippen LogP contribution < -0.4 is 5.73 Å². The summed E-state index contributed by atoms with van der Waals surface area (Å²) >= 11 is 0. The van der Waals surface area contributed by atoms with E-state index in [1.54, 1.807) is 0 Å². The van der Waals surface area contributed by atoms with Crippen LogP contribution in [0.4, 0.5) is 0 Å². The van der Waals surface area contributed by atoms with Crippen LogP contribution in [0.5, 0.6) is 0 Å². The fourth-order valence-corrected chi connectivity index (χ4v) is 3.53. The molecule has 1 aromatic heterocycles. The second-order valence-corrected chi connectivity index (χ2v) is 6.23. The number of nitrogens with two attached hydrogens (primary N) is 1. The van der Waals surface area contributed by atoms with Gasteiger partial charge < -0.3 is 10.8 Å². The highest BCUT2D eigenvalue weighted by Gasteiger charge is 2.46. The van der Waals surface area contributed by atoms with Crippen LogP contribution in [0.3, 0.4) is 0 Å². The van der Waals surface area contributed by atoms with Crippen LogP contribution in [-0.2, 0) is 21.9 Å². The van der Waals surface area contributed by atoms with Crippen LogP contribution in [0, 0.1) is 0 Å². The number of aryl methyl sites for hydroxylation is 1. The van der Waals surface area contributed by atoms with Crippen molar-refractivity contribution in [3.8, 4) is 0 Å². The molecule has 0 aliphatic carbocycles. The van der Waals surface area contributed by atoms with E-state index < -0.39 is 21.5 Å². The summed E-state index contributed by atoms with van der Waals surface area (Å²) in [5, 5.41) is 12.8. The number of aliphatic carboxylic acids is 1. The van der Waals surface area contributed by atoms with E-state index in [1.165, 1.54) is 24.0 Å². The van der Waals surface area contributed by atoms with Gasteiger partial charge in [-0.1, -0.05) is 0 Å². The summed E-state index contributed by atoms with van der Waals surface area (Å²) in [6.45, 7) is -0.133. The van der Waals surface area contributed by atoms with Gasteiger partial charge in [0.05, 0.1) is 6.20 Å². The Hall–Kier alpha value is -1.45. The van der Waals surface area contributed by atoms with Crippen molar-refractivity contribution in [1.29, 1.82) is 0 Å². The minimum Gasteiger partial charge on any atom is -0.480 e. The summed E-state index contributed by atoms with van der Waals surface area (Å²) in [7, 11) is -2.23. The molecule has 18 heavy (non-hydrogen) atoms. The smallest absolute Gasteiger partial charge is 0.325 e. The number of sulfonamides is 1. The summed E-state index contributed by atoms with van der Waals surface area (Å²) in [5.41, 5.74) is 4.14. The number of hydrogen-bond acceptors (Lipinski definition) is 5. The molecule has 2 rings (SSSR count). The quantitative estimate of drug-likeness (QED) is 0.699. The maximum absolute atomic E-state index is 12.2. The van der Waals surface area contributed by atoms with Crippen molar-refractivity contribution in [2.24, 2.45) is 12.8 Å². The Morgan fingerprint density at radius 1 is 1.61 bits per heavy atom. The minimum absolute atomic E-state index is 0.0251. The molecule has 0 spiro atoms. The van der Waals surface area contributed by atoms with Crippen molar-refractivity contribution < 1.29 is 18.3 Å². The van der Waals surface area contributed by atoms with Crippen molar-refractivity contribution in [3.63, 3.8) is 0 Å². The van der Waals surface area contributed by atoms with Crippen LogP contribution in [0.1, 0.15) is 6.42 Å². The lowest BCUT2D eigenvalue weighted by Gasteiger charge is -2.19. The van der Waals surface area contributed by atoms with Gasteiger partial charge in [-0.05, 0) is 12.5 Å². The molecule has 2 heterocycles. The monoisotopic (exact) mass is 274 g/mol. The lowest BCUT2D eigenvalue weighted by atomic mass is 10.0. The minimum atomic E-state index is -3.74. The third-order valence-electron chi connectivity index (χ3n) is 3.07.